The molecule has 0 aliphatic heterocycles. The minimum Gasteiger partial charge on any atom is -0.481 e. The summed E-state index contributed by atoms with van der Waals surface area (Å²) in [5, 5.41) is 8.47. The quantitative estimate of drug-likeness (QED) is 0.900. The molecular formula is C12H13F3N2O3. The molecule has 0 aliphatic carbocycles. The second kappa shape index (κ2) is 6.36. The highest BCUT2D eigenvalue weighted by molar-refractivity contribution is 5.93. The highest BCUT2D eigenvalue weighted by Gasteiger charge is 2.32. The number of aliphatic carboxylic acids is 1. The molecule has 1 rings (SSSR count). The van der Waals surface area contributed by atoms with Crippen molar-refractivity contribution in [3.63, 3.8) is 0 Å². The fraction of sp³-hybridized carbons (Fsp3) is 0.417. The average Bonchev–Trinajstić information content (AvgIpc) is 2.36. The number of hydrogen-bond acceptors (Lipinski definition) is 3. The molecule has 1 aromatic rings. The largest absolute Gasteiger partial charge is 0.481 e. The van der Waals surface area contributed by atoms with Crippen LogP contribution in [0.5, 0.6) is 0 Å². The maximum Gasteiger partial charge on any atom is 0.433 e. The lowest BCUT2D eigenvalue weighted by Crippen LogP contribution is -2.28. The Kier molecular flexibility index (Phi) is 5.06. The molecule has 110 valence electrons. The predicted octanol–water partition coefficient (Wildman–Crippen LogP) is 2.04. The van der Waals surface area contributed by atoms with Crippen molar-refractivity contribution in [1.29, 1.82) is 0 Å². The van der Waals surface area contributed by atoms with Crippen LogP contribution < -0.4 is 0 Å². The normalized spacial score (nSPS) is 11.2. The molecule has 0 unspecified atom stereocenters. The summed E-state index contributed by atoms with van der Waals surface area (Å²) >= 11 is 0. The zero-order valence-corrected chi connectivity index (χ0v) is 10.6. The third-order valence-electron chi connectivity index (χ3n) is 2.53. The molecule has 1 N–H and O–H groups in total. The molecule has 0 fully saturated rings. The highest BCUT2D eigenvalue weighted by Crippen LogP contribution is 2.27. The number of halogens is 3. The molecule has 0 spiro atoms. The van der Waals surface area contributed by atoms with Crippen LogP contribution in [0, 0.1) is 0 Å². The van der Waals surface area contributed by atoms with Crippen molar-refractivity contribution in [1.82, 2.24) is 9.88 Å². The summed E-state index contributed by atoms with van der Waals surface area (Å²) in [7, 11) is 1.45. The lowest BCUT2D eigenvalue weighted by Gasteiger charge is -2.16. The maximum absolute atomic E-state index is 12.3. The Morgan fingerprint density at radius 2 is 2.00 bits per heavy atom. The van der Waals surface area contributed by atoms with Gasteiger partial charge in [-0.3, -0.25) is 14.6 Å². The van der Waals surface area contributed by atoms with Crippen LogP contribution in [0.3, 0.4) is 0 Å². The van der Waals surface area contributed by atoms with Crippen LogP contribution in [0.4, 0.5) is 13.2 Å². The number of amides is 1. The lowest BCUT2D eigenvalue weighted by atomic mass is 10.2. The zero-order valence-electron chi connectivity index (χ0n) is 10.6. The third kappa shape index (κ3) is 4.52. The first-order chi connectivity index (χ1) is 9.21. The lowest BCUT2D eigenvalue weighted by molar-refractivity contribution is -0.141. The summed E-state index contributed by atoms with van der Waals surface area (Å²) in [6.07, 6.45) is -3.50. The smallest absolute Gasteiger partial charge is 0.433 e. The predicted molar refractivity (Wildman–Crippen MR) is 63.1 cm³/mol. The molecule has 5 nitrogen and oxygen atoms in total. The van der Waals surface area contributed by atoms with E-state index < -0.39 is 23.7 Å². The van der Waals surface area contributed by atoms with Crippen molar-refractivity contribution < 1.29 is 27.9 Å². The van der Waals surface area contributed by atoms with E-state index in [4.69, 9.17) is 5.11 Å². The van der Waals surface area contributed by atoms with E-state index in [2.05, 4.69) is 4.98 Å². The maximum atomic E-state index is 12.3. The SMILES string of the molecule is CN(CCCC(=O)O)C(=O)c1ccc(C(F)(F)F)nc1. The highest BCUT2D eigenvalue weighted by atomic mass is 19.4. The number of carboxylic acid groups (broad SMARTS) is 1. The summed E-state index contributed by atoms with van der Waals surface area (Å²) < 4.78 is 36.9. The Bertz CT molecular complexity index is 486. The van der Waals surface area contributed by atoms with Crippen molar-refractivity contribution >= 4 is 11.9 Å². The van der Waals surface area contributed by atoms with Crippen molar-refractivity contribution in [3.05, 3.63) is 29.6 Å². The number of pyridine rings is 1. The number of hydrogen-bond donors (Lipinski definition) is 1. The number of alkyl halides is 3. The van der Waals surface area contributed by atoms with Gasteiger partial charge in [-0.05, 0) is 18.6 Å². The summed E-state index contributed by atoms with van der Waals surface area (Å²) in [6, 6.07) is 1.78. The van der Waals surface area contributed by atoms with Gasteiger partial charge in [0.15, 0.2) is 0 Å². The number of nitrogens with zero attached hydrogens (tertiary/aromatic N) is 2. The number of aromatic nitrogens is 1. The molecule has 0 saturated heterocycles. The van der Waals surface area contributed by atoms with Gasteiger partial charge in [0.05, 0.1) is 5.56 Å². The first-order valence-electron chi connectivity index (χ1n) is 5.72. The van der Waals surface area contributed by atoms with Crippen LogP contribution in [0.2, 0.25) is 0 Å². The molecule has 0 aliphatic rings. The fourth-order valence-electron chi connectivity index (χ4n) is 1.48. The van der Waals surface area contributed by atoms with E-state index in [9.17, 15) is 22.8 Å². The molecule has 8 heteroatoms. The Labute approximate surface area is 113 Å². The van der Waals surface area contributed by atoms with Gasteiger partial charge in [-0.15, -0.1) is 0 Å². The third-order valence-corrected chi connectivity index (χ3v) is 2.53. The molecule has 1 aromatic heterocycles. The van der Waals surface area contributed by atoms with Gasteiger partial charge in [-0.25, -0.2) is 0 Å². The monoisotopic (exact) mass is 290 g/mol. The number of carboxylic acids is 1. The molecule has 1 heterocycles. The van der Waals surface area contributed by atoms with Crippen LogP contribution in [-0.2, 0) is 11.0 Å². The number of carbonyl (C=O) groups excluding carboxylic acids is 1. The molecule has 20 heavy (non-hydrogen) atoms. The summed E-state index contributed by atoms with van der Waals surface area (Å²) in [4.78, 5) is 26.6. The van der Waals surface area contributed by atoms with Gasteiger partial charge in [-0.1, -0.05) is 0 Å². The molecule has 0 bridgehead atoms. The fourth-order valence-corrected chi connectivity index (χ4v) is 1.48. The van der Waals surface area contributed by atoms with Crippen molar-refractivity contribution in [2.75, 3.05) is 13.6 Å². The van der Waals surface area contributed by atoms with Crippen LogP contribution >= 0.6 is 0 Å². The minimum absolute atomic E-state index is 0.0239. The molecule has 0 saturated carbocycles. The summed E-state index contributed by atoms with van der Waals surface area (Å²) in [6.45, 7) is 0.201. The van der Waals surface area contributed by atoms with Gasteiger partial charge in [0.25, 0.3) is 5.91 Å². The van der Waals surface area contributed by atoms with Crippen LogP contribution in [0.25, 0.3) is 0 Å². The Balaban J connectivity index is 2.65. The van der Waals surface area contributed by atoms with E-state index >= 15 is 0 Å². The van der Waals surface area contributed by atoms with Crippen LogP contribution in [0.15, 0.2) is 18.3 Å². The molecular weight excluding hydrogens is 277 g/mol. The number of rotatable bonds is 5. The molecule has 0 radical (unpaired) electrons. The molecule has 0 aromatic carbocycles. The van der Waals surface area contributed by atoms with Crippen molar-refractivity contribution in [3.8, 4) is 0 Å². The van der Waals surface area contributed by atoms with Gasteiger partial charge in [0.2, 0.25) is 0 Å². The van der Waals surface area contributed by atoms with Crippen molar-refractivity contribution in [2.24, 2.45) is 0 Å². The summed E-state index contributed by atoms with van der Waals surface area (Å²) in [5.41, 5.74) is -1.04. The topological polar surface area (TPSA) is 70.5 Å². The van der Waals surface area contributed by atoms with Crippen LogP contribution in [-0.4, -0.2) is 40.5 Å². The van der Waals surface area contributed by atoms with Gasteiger partial charge in [0.1, 0.15) is 5.69 Å². The Morgan fingerprint density at radius 3 is 2.45 bits per heavy atom. The minimum atomic E-state index is -4.55. The first-order valence-corrected chi connectivity index (χ1v) is 5.72. The summed E-state index contributed by atoms with van der Waals surface area (Å²) in [5.74, 6) is -1.47. The van der Waals surface area contributed by atoms with E-state index in [0.29, 0.717) is 0 Å². The zero-order chi connectivity index (χ0) is 15.3. The molecule has 1 amide bonds. The second-order valence-electron chi connectivity index (χ2n) is 4.15. The van der Waals surface area contributed by atoms with E-state index in [1.165, 1.54) is 11.9 Å². The van der Waals surface area contributed by atoms with Crippen LogP contribution in [0.1, 0.15) is 28.9 Å². The average molecular weight is 290 g/mol. The van der Waals surface area contributed by atoms with Gasteiger partial charge in [0, 0.05) is 26.2 Å². The van der Waals surface area contributed by atoms with E-state index in [0.717, 1.165) is 18.3 Å². The van der Waals surface area contributed by atoms with E-state index in [1.807, 2.05) is 0 Å². The Morgan fingerprint density at radius 1 is 1.35 bits per heavy atom. The van der Waals surface area contributed by atoms with Crippen molar-refractivity contribution in [2.45, 2.75) is 19.0 Å². The van der Waals surface area contributed by atoms with Gasteiger partial charge in [-0.2, -0.15) is 13.2 Å². The van der Waals surface area contributed by atoms with E-state index in [1.54, 1.807) is 0 Å². The van der Waals surface area contributed by atoms with E-state index in [-0.39, 0.29) is 24.9 Å². The number of carbonyl (C=O) groups is 2. The second-order valence-corrected chi connectivity index (χ2v) is 4.15. The van der Waals surface area contributed by atoms with Gasteiger partial charge < -0.3 is 10.0 Å². The first kappa shape index (κ1) is 15.9. The molecule has 0 atom stereocenters. The standard InChI is InChI=1S/C12H13F3N2O3/c1-17(6-2-3-10(18)19)11(20)8-4-5-9(16-7-8)12(13,14)15/h4-5,7H,2-3,6H2,1H3,(H,18,19). The van der Waals surface area contributed by atoms with Gasteiger partial charge >= 0.3 is 12.1 Å². The Hall–Kier alpha value is -2.12.